The summed E-state index contributed by atoms with van der Waals surface area (Å²) in [7, 11) is 0. The summed E-state index contributed by atoms with van der Waals surface area (Å²) in [6.07, 6.45) is 0.798. The van der Waals surface area contributed by atoms with E-state index in [1.165, 1.54) is 22.4 Å². The Labute approximate surface area is 174 Å². The van der Waals surface area contributed by atoms with Gasteiger partial charge in [-0.25, -0.2) is 9.07 Å². The second-order valence-electron chi connectivity index (χ2n) is 7.54. The lowest BCUT2D eigenvalue weighted by Crippen LogP contribution is -2.40. The number of aryl methyl sites for hydroxylation is 1. The Morgan fingerprint density at radius 2 is 1.90 bits per heavy atom. The minimum Gasteiger partial charge on any atom is -0.346 e. The molecule has 2 aromatic carbocycles. The van der Waals surface area contributed by atoms with E-state index in [4.69, 9.17) is 0 Å². The van der Waals surface area contributed by atoms with Crippen LogP contribution in [-0.4, -0.2) is 39.7 Å². The highest BCUT2D eigenvalue weighted by molar-refractivity contribution is 5.92. The number of para-hydroxylation sites is 1. The molecule has 7 heteroatoms. The van der Waals surface area contributed by atoms with Crippen LogP contribution in [0.15, 0.2) is 65.5 Å². The topological polar surface area (TPSA) is 67.2 Å². The predicted octanol–water partition coefficient (Wildman–Crippen LogP) is 2.68. The van der Waals surface area contributed by atoms with Crippen molar-refractivity contribution in [2.75, 3.05) is 13.1 Å². The van der Waals surface area contributed by atoms with Crippen LogP contribution in [0.1, 0.15) is 28.2 Å². The lowest BCUT2D eigenvalue weighted by molar-refractivity contribution is 0.0929. The molecule has 2 heterocycles. The lowest BCUT2D eigenvalue weighted by Gasteiger charge is -2.17. The molecule has 1 unspecified atom stereocenters. The molecule has 1 fully saturated rings. The lowest BCUT2D eigenvalue weighted by atomic mass is 10.2. The highest BCUT2D eigenvalue weighted by atomic mass is 19.1. The minimum absolute atomic E-state index is 0.0642. The molecule has 4 rings (SSSR count). The van der Waals surface area contributed by atoms with Gasteiger partial charge in [0, 0.05) is 37.4 Å². The molecule has 6 nitrogen and oxygen atoms in total. The van der Waals surface area contributed by atoms with Crippen LogP contribution in [-0.2, 0) is 6.54 Å². The number of likely N-dealkylation sites (tertiary alicyclic amines) is 1. The Morgan fingerprint density at radius 3 is 2.67 bits per heavy atom. The standard InChI is InChI=1S/C23H23FN4O2/c1-16-13-21(29)22(26-28(16)20-10-6-5-9-19(20)24)23(30)25-18-11-12-27(15-18)14-17-7-3-2-4-8-17/h2-10,13,18H,11-12,14-15H2,1H3,(H,25,30). The molecule has 0 bridgehead atoms. The van der Waals surface area contributed by atoms with E-state index < -0.39 is 17.2 Å². The fraction of sp³-hybridized carbons (Fsp3) is 0.261. The average Bonchev–Trinajstić information content (AvgIpc) is 3.16. The summed E-state index contributed by atoms with van der Waals surface area (Å²) in [4.78, 5) is 27.4. The molecule has 1 saturated heterocycles. The Kier molecular flexibility index (Phi) is 5.72. The fourth-order valence-corrected chi connectivity index (χ4v) is 3.76. The van der Waals surface area contributed by atoms with Gasteiger partial charge in [0.1, 0.15) is 11.5 Å². The number of hydrogen-bond donors (Lipinski definition) is 1. The van der Waals surface area contributed by atoms with Gasteiger partial charge in [-0.15, -0.1) is 0 Å². The second-order valence-corrected chi connectivity index (χ2v) is 7.54. The number of hydrogen-bond acceptors (Lipinski definition) is 4. The first-order chi connectivity index (χ1) is 14.5. The highest BCUT2D eigenvalue weighted by Gasteiger charge is 2.26. The molecule has 1 aliphatic rings. The van der Waals surface area contributed by atoms with Crippen molar-refractivity contribution in [1.82, 2.24) is 20.0 Å². The van der Waals surface area contributed by atoms with Crippen LogP contribution >= 0.6 is 0 Å². The first-order valence-electron chi connectivity index (χ1n) is 9.94. The molecule has 0 aliphatic carbocycles. The van der Waals surface area contributed by atoms with Crippen LogP contribution in [0, 0.1) is 12.7 Å². The third-order valence-electron chi connectivity index (χ3n) is 5.26. The summed E-state index contributed by atoms with van der Waals surface area (Å²) < 4.78 is 15.5. The maximum atomic E-state index is 14.2. The monoisotopic (exact) mass is 406 g/mol. The van der Waals surface area contributed by atoms with Crippen LogP contribution in [0.3, 0.4) is 0 Å². The van der Waals surface area contributed by atoms with Crippen LogP contribution < -0.4 is 10.7 Å². The first kappa shape index (κ1) is 20.0. The minimum atomic E-state index is -0.531. The molecule has 1 aliphatic heterocycles. The molecule has 3 aromatic rings. The molecule has 1 aromatic heterocycles. The van der Waals surface area contributed by atoms with Gasteiger partial charge in [0.2, 0.25) is 5.43 Å². The van der Waals surface area contributed by atoms with E-state index in [9.17, 15) is 14.0 Å². The van der Waals surface area contributed by atoms with Crippen molar-refractivity contribution in [2.24, 2.45) is 0 Å². The summed E-state index contributed by atoms with van der Waals surface area (Å²) in [5.74, 6) is -1.01. The van der Waals surface area contributed by atoms with Gasteiger partial charge in [-0.3, -0.25) is 14.5 Å². The fourth-order valence-electron chi connectivity index (χ4n) is 3.76. The Bertz CT molecular complexity index is 1110. The maximum Gasteiger partial charge on any atom is 0.276 e. The van der Waals surface area contributed by atoms with Crippen LogP contribution in [0.25, 0.3) is 5.69 Å². The van der Waals surface area contributed by atoms with E-state index in [-0.39, 0.29) is 17.4 Å². The van der Waals surface area contributed by atoms with Gasteiger partial charge >= 0.3 is 0 Å². The van der Waals surface area contributed by atoms with E-state index in [2.05, 4.69) is 27.4 Å². The van der Waals surface area contributed by atoms with E-state index in [0.717, 1.165) is 19.5 Å². The maximum absolute atomic E-state index is 14.2. The van der Waals surface area contributed by atoms with Crippen LogP contribution in [0.5, 0.6) is 0 Å². The van der Waals surface area contributed by atoms with Gasteiger partial charge in [0.15, 0.2) is 5.69 Å². The van der Waals surface area contributed by atoms with Gasteiger partial charge in [-0.1, -0.05) is 42.5 Å². The normalized spacial score (nSPS) is 16.5. The second kappa shape index (κ2) is 8.59. The number of aromatic nitrogens is 2. The van der Waals surface area contributed by atoms with Crippen molar-refractivity contribution in [1.29, 1.82) is 0 Å². The van der Waals surface area contributed by atoms with E-state index in [1.54, 1.807) is 25.1 Å². The zero-order valence-electron chi connectivity index (χ0n) is 16.7. The Hall–Kier alpha value is -3.32. The van der Waals surface area contributed by atoms with Crippen molar-refractivity contribution in [3.05, 3.63) is 93.7 Å². The summed E-state index contributed by atoms with van der Waals surface area (Å²) in [5.41, 5.74) is 1.16. The smallest absolute Gasteiger partial charge is 0.276 e. The largest absolute Gasteiger partial charge is 0.346 e. The summed E-state index contributed by atoms with van der Waals surface area (Å²) in [5, 5.41) is 7.08. The zero-order chi connectivity index (χ0) is 21.1. The van der Waals surface area contributed by atoms with E-state index in [1.807, 2.05) is 18.2 Å². The molecule has 30 heavy (non-hydrogen) atoms. The third-order valence-corrected chi connectivity index (χ3v) is 5.26. The SMILES string of the molecule is Cc1cc(=O)c(C(=O)NC2CCN(Cc3ccccc3)C2)nn1-c1ccccc1F. The molecule has 0 spiro atoms. The van der Waals surface area contributed by atoms with Gasteiger partial charge in [-0.05, 0) is 31.0 Å². The first-order valence-corrected chi connectivity index (χ1v) is 9.94. The molecule has 0 saturated carbocycles. The van der Waals surface area contributed by atoms with Gasteiger partial charge in [0.25, 0.3) is 5.91 Å². The third kappa shape index (κ3) is 4.31. The number of rotatable bonds is 5. The molecular formula is C23H23FN4O2. The van der Waals surface area contributed by atoms with Crippen LogP contribution in [0.4, 0.5) is 4.39 Å². The van der Waals surface area contributed by atoms with Crippen LogP contribution in [0.2, 0.25) is 0 Å². The predicted molar refractivity (Wildman–Crippen MR) is 112 cm³/mol. The van der Waals surface area contributed by atoms with Crippen molar-refractivity contribution in [3.8, 4) is 5.69 Å². The molecule has 1 amide bonds. The molecule has 1 atom stereocenters. The van der Waals surface area contributed by atoms with Gasteiger partial charge in [-0.2, -0.15) is 5.10 Å². The Balaban J connectivity index is 1.48. The van der Waals surface area contributed by atoms with E-state index in [0.29, 0.717) is 12.2 Å². The van der Waals surface area contributed by atoms with Gasteiger partial charge in [0.05, 0.1) is 0 Å². The molecular weight excluding hydrogens is 383 g/mol. The average molecular weight is 406 g/mol. The van der Waals surface area contributed by atoms with Crippen molar-refractivity contribution in [2.45, 2.75) is 25.9 Å². The van der Waals surface area contributed by atoms with Crippen molar-refractivity contribution < 1.29 is 9.18 Å². The molecule has 0 radical (unpaired) electrons. The molecule has 154 valence electrons. The highest BCUT2D eigenvalue weighted by Crippen LogP contribution is 2.15. The zero-order valence-corrected chi connectivity index (χ0v) is 16.7. The quantitative estimate of drug-likeness (QED) is 0.708. The van der Waals surface area contributed by atoms with E-state index >= 15 is 0 Å². The van der Waals surface area contributed by atoms with Crippen molar-refractivity contribution >= 4 is 5.91 Å². The number of halogens is 1. The Morgan fingerprint density at radius 1 is 1.17 bits per heavy atom. The molecule has 1 N–H and O–H groups in total. The number of carbonyl (C=O) groups is 1. The number of nitrogens with zero attached hydrogens (tertiary/aromatic N) is 3. The van der Waals surface area contributed by atoms with Crippen molar-refractivity contribution in [3.63, 3.8) is 0 Å². The summed E-state index contributed by atoms with van der Waals surface area (Å²) >= 11 is 0. The number of benzene rings is 2. The summed E-state index contributed by atoms with van der Waals surface area (Å²) in [6.45, 7) is 4.03. The van der Waals surface area contributed by atoms with Gasteiger partial charge < -0.3 is 5.32 Å². The summed E-state index contributed by atoms with van der Waals surface area (Å²) in [6, 6.07) is 17.5. The number of amides is 1. The number of nitrogens with one attached hydrogen (secondary N) is 1. The number of carbonyl (C=O) groups excluding carboxylic acids is 1.